The van der Waals surface area contributed by atoms with E-state index in [1.165, 1.54) is 11.8 Å². The van der Waals surface area contributed by atoms with Gasteiger partial charge < -0.3 is 20.1 Å². The molecular formula is C13H22N2O5. The summed E-state index contributed by atoms with van der Waals surface area (Å²) in [4.78, 5) is 36.1. The van der Waals surface area contributed by atoms with Gasteiger partial charge in [-0.1, -0.05) is 0 Å². The molecule has 114 valence electrons. The molecule has 0 saturated heterocycles. The molecule has 0 aromatic heterocycles. The highest BCUT2D eigenvalue weighted by molar-refractivity contribution is 5.88. The average Bonchev–Trinajstić information content (AvgIpc) is 3.20. The lowest BCUT2D eigenvalue weighted by Gasteiger charge is -2.30. The van der Waals surface area contributed by atoms with Gasteiger partial charge in [-0.3, -0.25) is 4.79 Å². The van der Waals surface area contributed by atoms with Crippen LogP contribution >= 0.6 is 0 Å². The molecule has 7 nitrogen and oxygen atoms in total. The third-order valence-electron chi connectivity index (χ3n) is 3.50. The van der Waals surface area contributed by atoms with Crippen molar-refractivity contribution in [1.29, 1.82) is 0 Å². The summed E-state index contributed by atoms with van der Waals surface area (Å²) in [6.45, 7) is 5.26. The van der Waals surface area contributed by atoms with Crippen LogP contribution in [-0.4, -0.2) is 53.2 Å². The minimum Gasteiger partial charge on any atom is -0.480 e. The maximum Gasteiger partial charge on any atom is 0.329 e. The molecule has 1 unspecified atom stereocenters. The minimum atomic E-state index is -1.28. The molecular weight excluding hydrogens is 264 g/mol. The molecule has 0 radical (unpaired) electrons. The monoisotopic (exact) mass is 286 g/mol. The van der Waals surface area contributed by atoms with Crippen LogP contribution in [0, 0.1) is 5.92 Å². The Hall–Kier alpha value is -1.79. The SMILES string of the molecule is CCOC(=O)CN(CC)C(=O)NC(C)(C(=O)O)C1CC1. The van der Waals surface area contributed by atoms with Gasteiger partial charge in [0.25, 0.3) is 0 Å². The van der Waals surface area contributed by atoms with Gasteiger partial charge in [0.05, 0.1) is 6.61 Å². The first-order valence-electron chi connectivity index (χ1n) is 6.81. The fourth-order valence-corrected chi connectivity index (χ4v) is 1.98. The van der Waals surface area contributed by atoms with Crippen molar-refractivity contribution in [2.75, 3.05) is 19.7 Å². The van der Waals surface area contributed by atoms with E-state index in [0.717, 1.165) is 12.8 Å². The van der Waals surface area contributed by atoms with Crippen molar-refractivity contribution in [3.63, 3.8) is 0 Å². The number of carboxylic acids is 1. The quantitative estimate of drug-likeness (QED) is 0.676. The molecule has 0 bridgehead atoms. The topological polar surface area (TPSA) is 95.9 Å². The molecule has 7 heteroatoms. The van der Waals surface area contributed by atoms with E-state index in [9.17, 15) is 19.5 Å². The van der Waals surface area contributed by atoms with Gasteiger partial charge in [-0.15, -0.1) is 0 Å². The molecule has 2 amide bonds. The number of rotatable bonds is 7. The summed E-state index contributed by atoms with van der Waals surface area (Å²) in [6.07, 6.45) is 1.57. The van der Waals surface area contributed by atoms with Gasteiger partial charge in [0.15, 0.2) is 0 Å². The van der Waals surface area contributed by atoms with Gasteiger partial charge in [-0.25, -0.2) is 9.59 Å². The van der Waals surface area contributed by atoms with E-state index >= 15 is 0 Å². The zero-order valence-electron chi connectivity index (χ0n) is 12.1. The van der Waals surface area contributed by atoms with E-state index in [1.807, 2.05) is 0 Å². The van der Waals surface area contributed by atoms with Gasteiger partial charge in [0.2, 0.25) is 0 Å². The Morgan fingerprint density at radius 3 is 2.35 bits per heavy atom. The van der Waals surface area contributed by atoms with Gasteiger partial charge >= 0.3 is 18.0 Å². The molecule has 0 heterocycles. The number of carboxylic acid groups (broad SMARTS) is 1. The van der Waals surface area contributed by atoms with Crippen molar-refractivity contribution >= 4 is 18.0 Å². The summed E-state index contributed by atoms with van der Waals surface area (Å²) in [6, 6.07) is -0.558. The number of carbonyl (C=O) groups excluding carboxylic acids is 2. The standard InChI is InChI=1S/C13H22N2O5/c1-4-15(8-10(16)20-5-2)12(19)14-13(3,11(17)18)9-6-7-9/h9H,4-8H2,1-3H3,(H,14,19)(H,17,18). The van der Waals surface area contributed by atoms with E-state index in [-0.39, 0.29) is 19.1 Å². The van der Waals surface area contributed by atoms with Crippen LogP contribution in [0.3, 0.4) is 0 Å². The Balaban J connectivity index is 2.66. The van der Waals surface area contributed by atoms with E-state index < -0.39 is 23.5 Å². The maximum atomic E-state index is 12.1. The van der Waals surface area contributed by atoms with E-state index in [0.29, 0.717) is 6.54 Å². The molecule has 0 aromatic carbocycles. The smallest absolute Gasteiger partial charge is 0.329 e. The number of esters is 1. The number of likely N-dealkylation sites (N-methyl/N-ethyl adjacent to an activating group) is 1. The highest BCUT2D eigenvalue weighted by atomic mass is 16.5. The molecule has 1 rings (SSSR count). The molecule has 0 spiro atoms. The molecule has 0 aliphatic heterocycles. The average molecular weight is 286 g/mol. The van der Waals surface area contributed by atoms with Crippen molar-refractivity contribution in [3.8, 4) is 0 Å². The largest absolute Gasteiger partial charge is 0.480 e. The fourth-order valence-electron chi connectivity index (χ4n) is 1.98. The predicted molar refractivity (Wildman–Crippen MR) is 71.2 cm³/mol. The van der Waals surface area contributed by atoms with E-state index in [2.05, 4.69) is 5.32 Å². The second-order valence-corrected chi connectivity index (χ2v) is 5.03. The predicted octanol–water partition coefficient (Wildman–Crippen LogP) is 0.834. The van der Waals surface area contributed by atoms with E-state index in [4.69, 9.17) is 4.74 Å². The molecule has 1 atom stereocenters. The molecule has 2 N–H and O–H groups in total. The molecule has 0 aromatic rings. The first kappa shape index (κ1) is 16.3. The maximum absolute atomic E-state index is 12.1. The number of carbonyl (C=O) groups is 3. The molecule has 1 aliphatic rings. The van der Waals surface area contributed by atoms with Gasteiger partial charge in [-0.05, 0) is 39.5 Å². The van der Waals surface area contributed by atoms with Crippen LogP contribution in [0.2, 0.25) is 0 Å². The Morgan fingerprint density at radius 1 is 1.35 bits per heavy atom. The second-order valence-electron chi connectivity index (χ2n) is 5.03. The zero-order valence-corrected chi connectivity index (χ0v) is 12.1. The third-order valence-corrected chi connectivity index (χ3v) is 3.50. The first-order chi connectivity index (χ1) is 9.35. The van der Waals surface area contributed by atoms with Crippen LogP contribution in [0.25, 0.3) is 0 Å². The number of aliphatic carboxylic acids is 1. The number of nitrogens with one attached hydrogen (secondary N) is 1. The molecule has 1 fully saturated rings. The van der Waals surface area contributed by atoms with Crippen LogP contribution in [0.5, 0.6) is 0 Å². The van der Waals surface area contributed by atoms with Gasteiger partial charge in [0.1, 0.15) is 12.1 Å². The summed E-state index contributed by atoms with van der Waals surface area (Å²) >= 11 is 0. The summed E-state index contributed by atoms with van der Waals surface area (Å²) in [5.74, 6) is -1.61. The Kier molecular flexibility index (Phi) is 5.35. The van der Waals surface area contributed by atoms with Crippen molar-refractivity contribution in [2.24, 2.45) is 5.92 Å². The van der Waals surface area contributed by atoms with Crippen molar-refractivity contribution in [3.05, 3.63) is 0 Å². The normalized spacial score (nSPS) is 16.9. The minimum absolute atomic E-state index is 0.0507. The lowest BCUT2D eigenvalue weighted by molar-refractivity contribution is -0.144. The van der Waals surface area contributed by atoms with Crippen molar-refractivity contribution < 1.29 is 24.2 Å². The highest BCUT2D eigenvalue weighted by Gasteiger charge is 2.49. The number of amides is 2. The summed E-state index contributed by atoms with van der Waals surface area (Å²) < 4.78 is 4.78. The summed E-state index contributed by atoms with van der Waals surface area (Å²) in [5, 5.41) is 11.8. The number of urea groups is 1. The van der Waals surface area contributed by atoms with Crippen LogP contribution in [-0.2, 0) is 14.3 Å². The summed E-state index contributed by atoms with van der Waals surface area (Å²) in [5.41, 5.74) is -1.28. The first-order valence-corrected chi connectivity index (χ1v) is 6.81. The van der Waals surface area contributed by atoms with Crippen LogP contribution in [0.15, 0.2) is 0 Å². The zero-order chi connectivity index (χ0) is 15.3. The van der Waals surface area contributed by atoms with E-state index in [1.54, 1.807) is 13.8 Å². The Labute approximate surface area is 118 Å². The molecule has 1 aliphatic carbocycles. The fraction of sp³-hybridized carbons (Fsp3) is 0.769. The van der Waals surface area contributed by atoms with Crippen LogP contribution in [0.4, 0.5) is 4.79 Å². The van der Waals surface area contributed by atoms with Crippen LogP contribution in [0.1, 0.15) is 33.6 Å². The number of nitrogens with zero attached hydrogens (tertiary/aromatic N) is 1. The highest BCUT2D eigenvalue weighted by Crippen LogP contribution is 2.39. The molecule has 1 saturated carbocycles. The number of hydrogen-bond donors (Lipinski definition) is 2. The van der Waals surface area contributed by atoms with Crippen molar-refractivity contribution in [2.45, 2.75) is 39.2 Å². The van der Waals surface area contributed by atoms with Crippen molar-refractivity contribution in [1.82, 2.24) is 10.2 Å². The second kappa shape index (κ2) is 6.58. The third kappa shape index (κ3) is 3.85. The van der Waals surface area contributed by atoms with Gasteiger partial charge in [0, 0.05) is 6.54 Å². The Morgan fingerprint density at radius 2 is 1.95 bits per heavy atom. The lowest BCUT2D eigenvalue weighted by atomic mass is 9.96. The van der Waals surface area contributed by atoms with Crippen LogP contribution < -0.4 is 5.32 Å². The Bertz CT molecular complexity index is 394. The number of ether oxygens (including phenoxy) is 1. The van der Waals surface area contributed by atoms with Gasteiger partial charge in [-0.2, -0.15) is 0 Å². The molecule has 20 heavy (non-hydrogen) atoms. The lowest BCUT2D eigenvalue weighted by Crippen LogP contribution is -2.58. The summed E-state index contributed by atoms with van der Waals surface area (Å²) in [7, 11) is 0. The number of hydrogen-bond acceptors (Lipinski definition) is 4.